The predicted molar refractivity (Wildman–Crippen MR) is 126 cm³/mol. The first-order valence-corrected chi connectivity index (χ1v) is 12.0. The molecule has 6 heteroatoms. The highest BCUT2D eigenvalue weighted by atomic mass is 32.2. The fourth-order valence-corrected chi connectivity index (χ4v) is 6.41. The molecule has 166 valence electrons. The van der Waals surface area contributed by atoms with Crippen molar-refractivity contribution in [2.24, 2.45) is 5.41 Å². The Morgan fingerprint density at radius 1 is 1.16 bits per heavy atom. The molecule has 0 saturated carbocycles. The number of hydrogen-bond acceptors (Lipinski definition) is 5. The second kappa shape index (κ2) is 8.85. The van der Waals surface area contributed by atoms with Crippen molar-refractivity contribution in [1.82, 2.24) is 10.2 Å². The number of thioether (sulfide) groups is 1. The molecular formula is C25H32N2O3S. The highest BCUT2D eigenvalue weighted by Crippen LogP contribution is 2.53. The van der Waals surface area contributed by atoms with E-state index < -0.39 is 4.99 Å². The van der Waals surface area contributed by atoms with Crippen LogP contribution in [0.2, 0.25) is 0 Å². The Bertz CT molecular complexity index is 925. The number of morpholine rings is 1. The number of rotatable bonds is 6. The van der Waals surface area contributed by atoms with Gasteiger partial charge in [-0.3, -0.25) is 9.69 Å². The van der Waals surface area contributed by atoms with Crippen molar-refractivity contribution in [3.63, 3.8) is 0 Å². The average molecular weight is 441 g/mol. The Labute approximate surface area is 189 Å². The quantitative estimate of drug-likeness (QED) is 0.696. The smallest absolute Gasteiger partial charge is 0.232 e. The highest BCUT2D eigenvalue weighted by molar-refractivity contribution is 8.01. The molecule has 4 rings (SSSR count). The normalized spacial score (nSPS) is 23.5. The maximum Gasteiger partial charge on any atom is 0.232 e. The minimum Gasteiger partial charge on any atom is -0.508 e. The van der Waals surface area contributed by atoms with Gasteiger partial charge in [0, 0.05) is 19.0 Å². The van der Waals surface area contributed by atoms with Gasteiger partial charge in [0.2, 0.25) is 5.91 Å². The topological polar surface area (TPSA) is 61.8 Å². The Kier molecular flexibility index (Phi) is 6.33. The molecule has 0 spiro atoms. The number of phenolic OH excluding ortho intramolecular Hbond substituents is 1. The molecular weight excluding hydrogens is 408 g/mol. The Morgan fingerprint density at radius 2 is 1.87 bits per heavy atom. The van der Waals surface area contributed by atoms with E-state index in [1.807, 2.05) is 12.1 Å². The van der Waals surface area contributed by atoms with Crippen molar-refractivity contribution in [3.05, 3.63) is 54.1 Å². The van der Waals surface area contributed by atoms with Gasteiger partial charge < -0.3 is 15.2 Å². The van der Waals surface area contributed by atoms with E-state index in [1.165, 1.54) is 5.56 Å². The van der Waals surface area contributed by atoms with E-state index in [-0.39, 0.29) is 23.0 Å². The van der Waals surface area contributed by atoms with Crippen LogP contribution in [0.15, 0.2) is 48.5 Å². The number of aromatic hydroxyl groups is 1. The van der Waals surface area contributed by atoms with E-state index in [1.54, 1.807) is 23.9 Å². The summed E-state index contributed by atoms with van der Waals surface area (Å²) in [6, 6.07) is 16.0. The maximum atomic E-state index is 12.6. The number of phenols is 1. The molecule has 2 atom stereocenters. The van der Waals surface area contributed by atoms with Crippen LogP contribution in [0.5, 0.6) is 5.75 Å². The Morgan fingerprint density at radius 3 is 2.48 bits per heavy atom. The number of ether oxygens (including phenoxy) is 1. The van der Waals surface area contributed by atoms with Gasteiger partial charge in [0.15, 0.2) is 0 Å². The summed E-state index contributed by atoms with van der Waals surface area (Å²) in [5, 5.41) is 13.1. The van der Waals surface area contributed by atoms with Crippen LogP contribution in [0.25, 0.3) is 11.1 Å². The van der Waals surface area contributed by atoms with E-state index in [9.17, 15) is 9.90 Å². The number of hydrogen-bond donors (Lipinski definition) is 2. The summed E-state index contributed by atoms with van der Waals surface area (Å²) in [6.07, 6.45) is 0.990. The molecule has 2 aliphatic rings. The first-order chi connectivity index (χ1) is 14.9. The van der Waals surface area contributed by atoms with Crippen LogP contribution in [0.4, 0.5) is 0 Å². The van der Waals surface area contributed by atoms with Crippen molar-refractivity contribution in [2.75, 3.05) is 32.1 Å². The van der Waals surface area contributed by atoms with E-state index in [2.05, 4.69) is 55.3 Å². The van der Waals surface area contributed by atoms with Crippen LogP contribution in [-0.4, -0.2) is 53.0 Å². The summed E-state index contributed by atoms with van der Waals surface area (Å²) >= 11 is 1.73. The summed E-state index contributed by atoms with van der Waals surface area (Å²) in [5.41, 5.74) is 3.35. The third-order valence-corrected chi connectivity index (χ3v) is 8.17. The number of nitrogens with zero attached hydrogens (tertiary/aromatic N) is 1. The van der Waals surface area contributed by atoms with Crippen molar-refractivity contribution in [2.45, 2.75) is 38.1 Å². The molecule has 2 aromatic rings. The first kappa shape index (κ1) is 22.2. The number of carbonyl (C=O) groups is 1. The molecule has 2 unspecified atom stereocenters. The van der Waals surface area contributed by atoms with Crippen LogP contribution in [-0.2, 0) is 9.53 Å². The van der Waals surface area contributed by atoms with Gasteiger partial charge >= 0.3 is 0 Å². The zero-order chi connectivity index (χ0) is 22.1. The minimum atomic E-state index is -0.492. The molecule has 2 aliphatic heterocycles. The molecule has 0 aliphatic carbocycles. The minimum absolute atomic E-state index is 0.0451. The second-order valence-corrected chi connectivity index (χ2v) is 10.3. The summed E-state index contributed by atoms with van der Waals surface area (Å²) < 4.78 is 5.63. The number of amides is 1. The van der Waals surface area contributed by atoms with Crippen LogP contribution >= 0.6 is 11.8 Å². The zero-order valence-corrected chi connectivity index (χ0v) is 19.4. The maximum absolute atomic E-state index is 12.6. The summed E-state index contributed by atoms with van der Waals surface area (Å²) in [6.45, 7) is 9.82. The molecule has 0 radical (unpaired) electrons. The lowest BCUT2D eigenvalue weighted by molar-refractivity contribution is -0.122. The fourth-order valence-electron chi connectivity index (χ4n) is 4.81. The Balaban J connectivity index is 1.82. The second-order valence-electron chi connectivity index (χ2n) is 9.08. The standard InChI is InChI=1S/C25H32N2O3S/c1-4-24(2,3)23(25(26-22(29)17-31-25)27-12-14-30-15-13-27)20-7-5-6-19(16-20)18-8-10-21(28)11-9-18/h5-11,16,23,28H,4,12-15,17H2,1-3H3,(H,26,29). The lowest BCUT2D eigenvalue weighted by Crippen LogP contribution is -2.63. The average Bonchev–Trinajstić information content (AvgIpc) is 3.17. The predicted octanol–water partition coefficient (Wildman–Crippen LogP) is 4.43. The number of nitrogens with one attached hydrogen (secondary N) is 1. The first-order valence-electron chi connectivity index (χ1n) is 11.0. The molecule has 2 fully saturated rings. The van der Waals surface area contributed by atoms with Crippen molar-refractivity contribution < 1.29 is 14.6 Å². The SMILES string of the molecule is CCC(C)(C)C(c1cccc(-c2ccc(O)cc2)c1)C1(N2CCOCC2)NC(=O)CS1. The van der Waals surface area contributed by atoms with Crippen molar-refractivity contribution in [1.29, 1.82) is 0 Å². The van der Waals surface area contributed by atoms with E-state index >= 15 is 0 Å². The number of carbonyl (C=O) groups excluding carboxylic acids is 1. The molecule has 2 saturated heterocycles. The molecule has 5 nitrogen and oxygen atoms in total. The third kappa shape index (κ3) is 4.34. The molecule has 1 amide bonds. The molecule has 0 aromatic heterocycles. The van der Waals surface area contributed by atoms with Gasteiger partial charge in [0.1, 0.15) is 10.7 Å². The van der Waals surface area contributed by atoms with E-state index in [0.29, 0.717) is 19.0 Å². The van der Waals surface area contributed by atoms with Gasteiger partial charge in [0.25, 0.3) is 0 Å². The molecule has 2 aromatic carbocycles. The van der Waals surface area contributed by atoms with Crippen LogP contribution in [0.3, 0.4) is 0 Å². The monoisotopic (exact) mass is 440 g/mol. The summed E-state index contributed by atoms with van der Waals surface area (Å²) in [4.78, 5) is 14.5. The van der Waals surface area contributed by atoms with Crippen molar-refractivity contribution in [3.8, 4) is 16.9 Å². The number of benzene rings is 2. The molecule has 2 N–H and O–H groups in total. The lowest BCUT2D eigenvalue weighted by Gasteiger charge is -2.52. The third-order valence-electron chi connectivity index (χ3n) is 6.73. The van der Waals surface area contributed by atoms with Gasteiger partial charge in [-0.25, -0.2) is 0 Å². The molecule has 0 bridgehead atoms. The largest absolute Gasteiger partial charge is 0.508 e. The summed E-state index contributed by atoms with van der Waals surface area (Å²) in [7, 11) is 0. The van der Waals surface area contributed by atoms with Gasteiger partial charge in [-0.2, -0.15) is 0 Å². The van der Waals surface area contributed by atoms with Crippen LogP contribution in [0, 0.1) is 5.41 Å². The van der Waals surface area contributed by atoms with E-state index in [4.69, 9.17) is 4.74 Å². The van der Waals surface area contributed by atoms with Crippen LogP contribution in [0.1, 0.15) is 38.7 Å². The van der Waals surface area contributed by atoms with Crippen molar-refractivity contribution >= 4 is 17.7 Å². The summed E-state index contributed by atoms with van der Waals surface area (Å²) in [5.74, 6) is 0.937. The lowest BCUT2D eigenvalue weighted by atomic mass is 9.70. The van der Waals surface area contributed by atoms with Gasteiger partial charge in [-0.15, -0.1) is 11.8 Å². The van der Waals surface area contributed by atoms with Gasteiger partial charge in [0.05, 0.1) is 19.0 Å². The van der Waals surface area contributed by atoms with Crippen LogP contribution < -0.4 is 5.32 Å². The fraction of sp³-hybridized carbons (Fsp3) is 0.480. The molecule has 2 heterocycles. The Hall–Kier alpha value is -2.02. The highest BCUT2D eigenvalue weighted by Gasteiger charge is 2.55. The molecule has 31 heavy (non-hydrogen) atoms. The zero-order valence-electron chi connectivity index (χ0n) is 18.6. The van der Waals surface area contributed by atoms with Gasteiger partial charge in [-0.05, 0) is 34.2 Å². The van der Waals surface area contributed by atoms with Gasteiger partial charge in [-0.1, -0.05) is 63.6 Å². The van der Waals surface area contributed by atoms with E-state index in [0.717, 1.165) is 30.6 Å².